The Bertz CT molecular complexity index is 442. The van der Waals surface area contributed by atoms with E-state index in [0.717, 1.165) is 0 Å². The maximum Gasteiger partial charge on any atom is 0.573 e. The van der Waals surface area contributed by atoms with Gasteiger partial charge in [-0.25, -0.2) is 0 Å². The van der Waals surface area contributed by atoms with Crippen LogP contribution in [0.4, 0.5) is 13.2 Å². The highest BCUT2D eigenvalue weighted by Crippen LogP contribution is 2.25. The van der Waals surface area contributed by atoms with Crippen LogP contribution < -0.4 is 9.57 Å². The second-order valence-electron chi connectivity index (χ2n) is 3.53. The summed E-state index contributed by atoms with van der Waals surface area (Å²) in [6.45, 7) is 2.22. The fourth-order valence-corrected chi connectivity index (χ4v) is 1.31. The van der Waals surface area contributed by atoms with Crippen LogP contribution in [0.15, 0.2) is 36.1 Å². The molecule has 98 valence electrons. The smallest absolute Gasteiger partial charge is 0.406 e. The van der Waals surface area contributed by atoms with E-state index in [1.807, 2.05) is 0 Å². The van der Waals surface area contributed by atoms with Gasteiger partial charge in [0, 0.05) is 5.23 Å². The van der Waals surface area contributed by atoms with Crippen LogP contribution in [-0.2, 0) is 4.84 Å². The van der Waals surface area contributed by atoms with Crippen LogP contribution in [0.5, 0.6) is 11.5 Å². The van der Waals surface area contributed by atoms with Crippen LogP contribution in [0.2, 0.25) is 0 Å². The zero-order valence-corrected chi connectivity index (χ0v) is 9.40. The molecule has 1 heterocycles. The van der Waals surface area contributed by atoms with E-state index in [-0.39, 0.29) is 5.75 Å². The Morgan fingerprint density at radius 1 is 1.17 bits per heavy atom. The summed E-state index contributed by atoms with van der Waals surface area (Å²) in [4.78, 5) is 10.4. The molecule has 7 heteroatoms. The molecule has 0 bridgehead atoms. The van der Waals surface area contributed by atoms with Crippen LogP contribution in [0, 0.1) is 0 Å². The predicted octanol–water partition coefficient (Wildman–Crippen LogP) is 3.03. The number of alkyl halides is 3. The molecule has 18 heavy (non-hydrogen) atoms. The van der Waals surface area contributed by atoms with Gasteiger partial charge in [-0.15, -0.1) is 13.2 Å². The first kappa shape index (κ1) is 12.6. The number of allylic oxidation sites excluding steroid dienone is 1. The van der Waals surface area contributed by atoms with E-state index in [9.17, 15) is 13.2 Å². The monoisotopic (exact) mass is 261 g/mol. The highest BCUT2D eigenvalue weighted by molar-refractivity contribution is 5.31. The minimum Gasteiger partial charge on any atom is -0.406 e. The van der Waals surface area contributed by atoms with Crippen molar-refractivity contribution in [2.75, 3.05) is 6.54 Å². The number of rotatable bonds is 3. The number of halogens is 3. The van der Waals surface area contributed by atoms with Gasteiger partial charge in [0.05, 0.1) is 6.54 Å². The maximum atomic E-state index is 11.9. The molecular weight excluding hydrogens is 251 g/mol. The third kappa shape index (κ3) is 3.56. The zero-order valence-electron chi connectivity index (χ0n) is 9.40. The van der Waals surface area contributed by atoms with Gasteiger partial charge in [0.2, 0.25) is 0 Å². The van der Waals surface area contributed by atoms with E-state index >= 15 is 0 Å². The number of hydrogen-bond donors (Lipinski definition) is 0. The molecular formula is C11H10F3NO3. The van der Waals surface area contributed by atoms with Gasteiger partial charge in [-0.05, 0) is 37.3 Å². The summed E-state index contributed by atoms with van der Waals surface area (Å²) in [5.74, 6) is 0.756. The average molecular weight is 261 g/mol. The molecule has 0 aliphatic carbocycles. The number of nitrogens with zero attached hydrogens (tertiary/aromatic N) is 1. The van der Waals surface area contributed by atoms with Gasteiger partial charge < -0.3 is 14.4 Å². The van der Waals surface area contributed by atoms with Gasteiger partial charge in [0.1, 0.15) is 11.5 Å². The molecule has 0 aromatic heterocycles. The van der Waals surface area contributed by atoms with Crippen LogP contribution in [0.3, 0.4) is 0 Å². The molecule has 0 saturated carbocycles. The first-order chi connectivity index (χ1) is 8.42. The molecule has 1 aromatic carbocycles. The molecule has 0 saturated heterocycles. The lowest BCUT2D eigenvalue weighted by Gasteiger charge is -2.16. The van der Waals surface area contributed by atoms with Crippen molar-refractivity contribution in [1.29, 1.82) is 0 Å². The molecule has 1 aliphatic rings. The third-order valence-electron chi connectivity index (χ3n) is 2.04. The van der Waals surface area contributed by atoms with E-state index in [1.54, 1.807) is 13.0 Å². The van der Waals surface area contributed by atoms with Gasteiger partial charge in [-0.1, -0.05) is 0 Å². The maximum absolute atomic E-state index is 11.9. The van der Waals surface area contributed by atoms with E-state index in [1.165, 1.54) is 29.5 Å². The molecule has 0 amide bonds. The Hall–Kier alpha value is -1.89. The lowest BCUT2D eigenvalue weighted by atomic mass is 10.3. The molecule has 0 spiro atoms. The van der Waals surface area contributed by atoms with Crippen LogP contribution in [0.25, 0.3) is 0 Å². The summed E-state index contributed by atoms with van der Waals surface area (Å²) < 4.78 is 39.5. The standard InChI is InChI=1S/C11H10F3NO3/c1-8-6-7-15(17-8)18-10-4-2-9(3-5-10)16-11(12,13)14/h2-6H,7H2,1H3. The van der Waals surface area contributed by atoms with Crippen molar-refractivity contribution in [3.05, 3.63) is 36.1 Å². The number of hydrogen-bond acceptors (Lipinski definition) is 4. The SMILES string of the molecule is CC1=CCN(Oc2ccc(OC(F)(F)F)cc2)O1. The van der Waals surface area contributed by atoms with E-state index < -0.39 is 6.36 Å². The fourth-order valence-electron chi connectivity index (χ4n) is 1.31. The number of benzene rings is 1. The van der Waals surface area contributed by atoms with Gasteiger partial charge in [-0.2, -0.15) is 0 Å². The third-order valence-corrected chi connectivity index (χ3v) is 2.04. The van der Waals surface area contributed by atoms with E-state index in [0.29, 0.717) is 18.1 Å². The molecule has 0 fully saturated rings. The molecule has 0 unspecified atom stereocenters. The quantitative estimate of drug-likeness (QED) is 0.836. The van der Waals surface area contributed by atoms with E-state index in [2.05, 4.69) is 4.74 Å². The lowest BCUT2D eigenvalue weighted by Crippen LogP contribution is -2.22. The number of hydroxylamine groups is 2. The molecule has 0 N–H and O–H groups in total. The zero-order chi connectivity index (χ0) is 13.2. The van der Waals surface area contributed by atoms with Crippen molar-refractivity contribution in [2.24, 2.45) is 0 Å². The van der Waals surface area contributed by atoms with E-state index in [4.69, 9.17) is 9.68 Å². The predicted molar refractivity (Wildman–Crippen MR) is 55.3 cm³/mol. The highest BCUT2D eigenvalue weighted by atomic mass is 19.4. The lowest BCUT2D eigenvalue weighted by molar-refractivity contribution is -0.276. The van der Waals surface area contributed by atoms with Crippen molar-refractivity contribution in [3.63, 3.8) is 0 Å². The van der Waals surface area contributed by atoms with Crippen molar-refractivity contribution >= 4 is 0 Å². The highest BCUT2D eigenvalue weighted by Gasteiger charge is 2.31. The first-order valence-electron chi connectivity index (χ1n) is 5.08. The summed E-state index contributed by atoms with van der Waals surface area (Å²) in [5.41, 5.74) is 0. The summed E-state index contributed by atoms with van der Waals surface area (Å²) in [6, 6.07) is 5.05. The average Bonchev–Trinajstić information content (AvgIpc) is 2.65. The summed E-state index contributed by atoms with van der Waals surface area (Å²) in [5, 5.41) is 1.22. The fraction of sp³-hybridized carbons (Fsp3) is 0.273. The minimum atomic E-state index is -4.69. The van der Waals surface area contributed by atoms with Gasteiger partial charge in [-0.3, -0.25) is 0 Å². The molecule has 1 aromatic rings. The Balaban J connectivity index is 1.92. The Morgan fingerprint density at radius 3 is 2.28 bits per heavy atom. The largest absolute Gasteiger partial charge is 0.573 e. The Kier molecular flexibility index (Phi) is 3.33. The van der Waals surface area contributed by atoms with Crippen molar-refractivity contribution < 1.29 is 27.6 Å². The van der Waals surface area contributed by atoms with Crippen LogP contribution in [0.1, 0.15) is 6.92 Å². The van der Waals surface area contributed by atoms with Crippen molar-refractivity contribution in [2.45, 2.75) is 13.3 Å². The molecule has 4 nitrogen and oxygen atoms in total. The van der Waals surface area contributed by atoms with Crippen molar-refractivity contribution in [1.82, 2.24) is 5.23 Å². The molecule has 2 rings (SSSR count). The second kappa shape index (κ2) is 4.77. The normalized spacial score (nSPS) is 16.1. The van der Waals surface area contributed by atoms with Gasteiger partial charge >= 0.3 is 6.36 Å². The van der Waals surface area contributed by atoms with Gasteiger partial charge in [0.25, 0.3) is 0 Å². The number of ether oxygens (including phenoxy) is 1. The Labute approximate surface area is 101 Å². The van der Waals surface area contributed by atoms with Crippen LogP contribution in [-0.4, -0.2) is 18.1 Å². The summed E-state index contributed by atoms with van der Waals surface area (Å²) in [6.07, 6.45) is -2.89. The van der Waals surface area contributed by atoms with Crippen LogP contribution >= 0.6 is 0 Å². The first-order valence-corrected chi connectivity index (χ1v) is 5.08. The van der Waals surface area contributed by atoms with Gasteiger partial charge in [0.15, 0.2) is 5.75 Å². The van der Waals surface area contributed by atoms with Crippen molar-refractivity contribution in [3.8, 4) is 11.5 Å². The topological polar surface area (TPSA) is 30.9 Å². The minimum absolute atomic E-state index is 0.300. The summed E-state index contributed by atoms with van der Waals surface area (Å²) >= 11 is 0. The molecule has 1 aliphatic heterocycles. The second-order valence-corrected chi connectivity index (χ2v) is 3.53. The molecule has 0 atom stereocenters. The Morgan fingerprint density at radius 2 is 1.78 bits per heavy atom. The molecule has 0 radical (unpaired) electrons. The summed E-state index contributed by atoms with van der Waals surface area (Å²) in [7, 11) is 0.